The van der Waals surface area contributed by atoms with E-state index in [1.807, 2.05) is 20.8 Å². The molecule has 0 aromatic carbocycles. The van der Waals surface area contributed by atoms with Gasteiger partial charge in [0.15, 0.2) is 0 Å². The average molecular weight is 354 g/mol. The van der Waals surface area contributed by atoms with Gasteiger partial charge in [0.2, 0.25) is 11.8 Å². The zero-order chi connectivity index (χ0) is 18.7. The summed E-state index contributed by atoms with van der Waals surface area (Å²) in [5.41, 5.74) is 0. The van der Waals surface area contributed by atoms with E-state index in [4.69, 9.17) is 4.74 Å². The fraction of sp³-hybridized carbons (Fsp3) is 0.842. The van der Waals surface area contributed by atoms with Gasteiger partial charge in [-0.05, 0) is 39.0 Å². The lowest BCUT2D eigenvalue weighted by atomic mass is 9.80. The Hall–Kier alpha value is -1.43. The summed E-state index contributed by atoms with van der Waals surface area (Å²) in [5.74, 6) is 0.561. The van der Waals surface area contributed by atoms with E-state index in [1.165, 1.54) is 0 Å². The summed E-state index contributed by atoms with van der Waals surface area (Å²) in [6, 6.07) is 0.170. The van der Waals surface area contributed by atoms with Crippen LogP contribution >= 0.6 is 0 Å². The first kappa shape index (κ1) is 21.6. The van der Waals surface area contributed by atoms with Crippen molar-refractivity contribution >= 4 is 17.6 Å². The molecule has 0 radical (unpaired) electrons. The minimum absolute atomic E-state index is 0.000697. The summed E-state index contributed by atoms with van der Waals surface area (Å²) >= 11 is 0. The van der Waals surface area contributed by atoms with E-state index in [0.29, 0.717) is 44.8 Å². The van der Waals surface area contributed by atoms with Gasteiger partial charge in [-0.2, -0.15) is 0 Å². The largest absolute Gasteiger partial charge is 0.380 e. The molecule has 144 valence electrons. The maximum absolute atomic E-state index is 12.0. The van der Waals surface area contributed by atoms with Gasteiger partial charge in [-0.3, -0.25) is 14.4 Å². The zero-order valence-corrected chi connectivity index (χ0v) is 15.9. The first-order chi connectivity index (χ1) is 11.9. The molecule has 0 aromatic rings. The van der Waals surface area contributed by atoms with Crippen molar-refractivity contribution in [3.05, 3.63) is 0 Å². The molecule has 1 aliphatic rings. The molecular formula is C19H34N2O4. The van der Waals surface area contributed by atoms with Crippen LogP contribution in [0.25, 0.3) is 0 Å². The number of amides is 2. The number of ether oxygens (including phenoxy) is 1. The summed E-state index contributed by atoms with van der Waals surface area (Å²) in [6.45, 7) is 7.48. The standard InChI is InChI=1S/C19H34N2O4/c1-4-25-13-12-20-17(22)6-5-7-18(23)21-16-10-8-15(9-11-16)19(24)14(2)3/h14-16H,4-13H2,1-3H3,(H,20,22)(H,21,23). The highest BCUT2D eigenvalue weighted by Gasteiger charge is 2.28. The number of rotatable bonds is 11. The van der Waals surface area contributed by atoms with Crippen LogP contribution < -0.4 is 10.6 Å². The highest BCUT2D eigenvalue weighted by atomic mass is 16.5. The molecule has 2 N–H and O–H groups in total. The third kappa shape index (κ3) is 9.00. The molecule has 0 heterocycles. The van der Waals surface area contributed by atoms with E-state index in [2.05, 4.69) is 10.6 Å². The van der Waals surface area contributed by atoms with Gasteiger partial charge in [0.1, 0.15) is 5.78 Å². The molecule has 0 bridgehead atoms. The number of hydrogen-bond donors (Lipinski definition) is 2. The quantitative estimate of drug-likeness (QED) is 0.557. The molecule has 1 saturated carbocycles. The van der Waals surface area contributed by atoms with Crippen molar-refractivity contribution in [3.63, 3.8) is 0 Å². The van der Waals surface area contributed by atoms with Crippen LogP contribution in [0.3, 0.4) is 0 Å². The van der Waals surface area contributed by atoms with Crippen LogP contribution in [0.4, 0.5) is 0 Å². The van der Waals surface area contributed by atoms with E-state index < -0.39 is 0 Å². The molecule has 6 nitrogen and oxygen atoms in total. The molecule has 0 atom stereocenters. The normalized spacial score (nSPS) is 20.3. The molecule has 25 heavy (non-hydrogen) atoms. The Balaban J connectivity index is 2.11. The van der Waals surface area contributed by atoms with E-state index in [0.717, 1.165) is 25.7 Å². The second-order valence-corrected chi connectivity index (χ2v) is 7.07. The van der Waals surface area contributed by atoms with Crippen molar-refractivity contribution < 1.29 is 19.1 Å². The topological polar surface area (TPSA) is 84.5 Å². The van der Waals surface area contributed by atoms with Crippen LogP contribution in [0.1, 0.15) is 65.7 Å². The van der Waals surface area contributed by atoms with E-state index >= 15 is 0 Å². The van der Waals surface area contributed by atoms with E-state index in [1.54, 1.807) is 0 Å². The summed E-state index contributed by atoms with van der Waals surface area (Å²) in [5, 5.41) is 5.81. The van der Waals surface area contributed by atoms with Crippen molar-refractivity contribution in [3.8, 4) is 0 Å². The predicted octanol–water partition coefficient (Wildman–Crippen LogP) is 2.21. The average Bonchev–Trinajstić information content (AvgIpc) is 2.58. The minimum atomic E-state index is -0.0415. The molecule has 1 rings (SSSR count). The number of ketones is 1. The Morgan fingerprint density at radius 1 is 1.04 bits per heavy atom. The van der Waals surface area contributed by atoms with E-state index in [9.17, 15) is 14.4 Å². The van der Waals surface area contributed by atoms with Crippen molar-refractivity contribution in [1.82, 2.24) is 10.6 Å². The summed E-state index contributed by atoms with van der Waals surface area (Å²) in [6.07, 6.45) is 4.74. The molecule has 1 aliphatic carbocycles. The van der Waals surface area contributed by atoms with Gasteiger partial charge in [0.05, 0.1) is 6.61 Å². The fourth-order valence-electron chi connectivity index (χ4n) is 3.20. The molecule has 0 aromatic heterocycles. The number of hydrogen-bond acceptors (Lipinski definition) is 4. The van der Waals surface area contributed by atoms with Crippen molar-refractivity contribution in [2.24, 2.45) is 11.8 Å². The van der Waals surface area contributed by atoms with Gasteiger partial charge in [0, 0.05) is 43.9 Å². The molecule has 0 aliphatic heterocycles. The Morgan fingerprint density at radius 3 is 2.28 bits per heavy atom. The Bertz CT molecular complexity index is 429. The maximum atomic E-state index is 12.0. The second kappa shape index (κ2) is 12.0. The Kier molecular flexibility index (Phi) is 10.4. The molecule has 2 amide bonds. The number of carbonyl (C=O) groups is 3. The van der Waals surface area contributed by atoms with Crippen LogP contribution in [-0.4, -0.2) is 43.4 Å². The van der Waals surface area contributed by atoms with Crippen LogP contribution in [0.2, 0.25) is 0 Å². The Morgan fingerprint density at radius 2 is 1.68 bits per heavy atom. The van der Waals surface area contributed by atoms with Gasteiger partial charge in [-0.1, -0.05) is 13.8 Å². The lowest BCUT2D eigenvalue weighted by Crippen LogP contribution is -2.39. The second-order valence-electron chi connectivity index (χ2n) is 7.07. The van der Waals surface area contributed by atoms with Crippen molar-refractivity contribution in [2.75, 3.05) is 19.8 Å². The lowest BCUT2D eigenvalue weighted by molar-refractivity contribution is -0.127. The third-order valence-electron chi connectivity index (χ3n) is 4.64. The SMILES string of the molecule is CCOCCNC(=O)CCCC(=O)NC1CCC(C(=O)C(C)C)CC1. The van der Waals surface area contributed by atoms with Gasteiger partial charge in [-0.15, -0.1) is 0 Å². The van der Waals surface area contributed by atoms with E-state index in [-0.39, 0.29) is 29.7 Å². The Labute approximate surface area is 151 Å². The molecular weight excluding hydrogens is 320 g/mol. The summed E-state index contributed by atoms with van der Waals surface area (Å²) < 4.78 is 5.15. The number of Topliss-reactive ketones (excluding diaryl/α,β-unsaturated/α-hetero) is 1. The molecule has 6 heteroatoms. The number of nitrogens with one attached hydrogen (secondary N) is 2. The highest BCUT2D eigenvalue weighted by molar-refractivity contribution is 5.83. The monoisotopic (exact) mass is 354 g/mol. The smallest absolute Gasteiger partial charge is 0.220 e. The summed E-state index contributed by atoms with van der Waals surface area (Å²) in [7, 11) is 0. The fourth-order valence-corrected chi connectivity index (χ4v) is 3.20. The van der Waals surface area contributed by atoms with Crippen LogP contribution in [0, 0.1) is 11.8 Å². The van der Waals surface area contributed by atoms with Crippen LogP contribution in [0.15, 0.2) is 0 Å². The van der Waals surface area contributed by atoms with Gasteiger partial charge >= 0.3 is 0 Å². The first-order valence-electron chi connectivity index (χ1n) is 9.61. The number of carbonyl (C=O) groups excluding carboxylic acids is 3. The van der Waals surface area contributed by atoms with Gasteiger partial charge < -0.3 is 15.4 Å². The predicted molar refractivity (Wildman–Crippen MR) is 97.1 cm³/mol. The zero-order valence-electron chi connectivity index (χ0n) is 15.9. The lowest BCUT2D eigenvalue weighted by Gasteiger charge is -2.29. The first-order valence-corrected chi connectivity index (χ1v) is 9.61. The molecule has 1 fully saturated rings. The highest BCUT2D eigenvalue weighted by Crippen LogP contribution is 2.27. The van der Waals surface area contributed by atoms with Crippen LogP contribution in [-0.2, 0) is 19.1 Å². The summed E-state index contributed by atoms with van der Waals surface area (Å²) in [4.78, 5) is 35.6. The van der Waals surface area contributed by atoms with Gasteiger partial charge in [0.25, 0.3) is 0 Å². The van der Waals surface area contributed by atoms with Crippen molar-refractivity contribution in [1.29, 1.82) is 0 Å². The maximum Gasteiger partial charge on any atom is 0.220 e. The molecule has 0 saturated heterocycles. The van der Waals surface area contributed by atoms with Gasteiger partial charge in [-0.25, -0.2) is 0 Å². The minimum Gasteiger partial charge on any atom is -0.380 e. The van der Waals surface area contributed by atoms with Crippen LogP contribution in [0.5, 0.6) is 0 Å². The van der Waals surface area contributed by atoms with Crippen molar-refractivity contribution in [2.45, 2.75) is 71.8 Å². The molecule has 0 spiro atoms. The molecule has 0 unspecified atom stereocenters. The third-order valence-corrected chi connectivity index (χ3v) is 4.64.